The van der Waals surface area contributed by atoms with Crippen molar-refractivity contribution in [2.45, 2.75) is 13.8 Å². The Morgan fingerprint density at radius 1 is 1.03 bits per heavy atom. The van der Waals surface area contributed by atoms with E-state index in [1.54, 1.807) is 12.1 Å². The maximum absolute atomic E-state index is 12.1. The van der Waals surface area contributed by atoms with E-state index in [0.29, 0.717) is 11.3 Å². The molecule has 3 aromatic carbocycles. The third-order valence-electron chi connectivity index (χ3n) is 4.87. The second-order valence-electron chi connectivity index (χ2n) is 6.86. The van der Waals surface area contributed by atoms with E-state index in [9.17, 15) is 9.90 Å². The number of hydrogen-bond donors (Lipinski definition) is 2. The van der Waals surface area contributed by atoms with E-state index < -0.39 is 5.91 Å². The van der Waals surface area contributed by atoms with E-state index in [0.717, 1.165) is 29.9 Å². The summed E-state index contributed by atoms with van der Waals surface area (Å²) in [7, 11) is 0. The molecule has 0 unspecified atom stereocenters. The molecule has 3 rings (SSSR count). The molecule has 6 nitrogen and oxygen atoms in total. The summed E-state index contributed by atoms with van der Waals surface area (Å²) in [6.45, 7) is 5.66. The minimum absolute atomic E-state index is 0.107. The van der Waals surface area contributed by atoms with Gasteiger partial charge in [-0.15, -0.1) is 0 Å². The van der Waals surface area contributed by atoms with Crippen molar-refractivity contribution in [3.8, 4) is 22.6 Å². The summed E-state index contributed by atoms with van der Waals surface area (Å²) in [6.07, 6.45) is 1.41. The highest BCUT2D eigenvalue weighted by atomic mass is 16.5. The van der Waals surface area contributed by atoms with E-state index in [4.69, 9.17) is 4.74 Å². The van der Waals surface area contributed by atoms with Gasteiger partial charge >= 0.3 is 0 Å². The lowest BCUT2D eigenvalue weighted by Crippen LogP contribution is -2.24. The first-order valence-electron chi connectivity index (χ1n) is 10.3. The molecule has 0 atom stereocenters. The van der Waals surface area contributed by atoms with Crippen LogP contribution in [0.2, 0.25) is 0 Å². The summed E-state index contributed by atoms with van der Waals surface area (Å²) in [5.74, 6) is 0.339. The molecule has 160 valence electrons. The van der Waals surface area contributed by atoms with Crippen LogP contribution in [0.15, 0.2) is 77.9 Å². The first kappa shape index (κ1) is 21.9. The quantitative estimate of drug-likeness (QED) is 0.399. The van der Waals surface area contributed by atoms with Gasteiger partial charge in [0.05, 0.1) is 6.21 Å². The average Bonchev–Trinajstić information content (AvgIpc) is 2.80. The lowest BCUT2D eigenvalue weighted by molar-refractivity contribution is -0.123. The molecule has 1 amide bonds. The number of amides is 1. The van der Waals surface area contributed by atoms with Gasteiger partial charge in [-0.05, 0) is 37.6 Å². The lowest BCUT2D eigenvalue weighted by Gasteiger charge is -2.21. The maximum atomic E-state index is 12.1. The summed E-state index contributed by atoms with van der Waals surface area (Å²) in [6, 6.07) is 22.8. The molecule has 0 spiro atoms. The molecule has 0 fully saturated rings. The summed E-state index contributed by atoms with van der Waals surface area (Å²) in [5.41, 5.74) is 5.82. The van der Waals surface area contributed by atoms with Crippen LogP contribution in [-0.4, -0.2) is 36.9 Å². The Kier molecular flexibility index (Phi) is 7.65. The Labute approximate surface area is 182 Å². The van der Waals surface area contributed by atoms with Crippen molar-refractivity contribution >= 4 is 17.8 Å². The van der Waals surface area contributed by atoms with Gasteiger partial charge in [0.1, 0.15) is 11.5 Å². The normalized spacial score (nSPS) is 10.8. The summed E-state index contributed by atoms with van der Waals surface area (Å²) >= 11 is 0. The second kappa shape index (κ2) is 10.8. The number of para-hydroxylation sites is 1. The molecule has 3 aromatic rings. The predicted octanol–water partition coefficient (Wildman–Crippen LogP) is 4.43. The summed E-state index contributed by atoms with van der Waals surface area (Å²) < 4.78 is 5.71. The Morgan fingerprint density at radius 2 is 1.74 bits per heavy atom. The number of hydrogen-bond acceptors (Lipinski definition) is 5. The van der Waals surface area contributed by atoms with Crippen molar-refractivity contribution in [3.63, 3.8) is 0 Å². The predicted molar refractivity (Wildman–Crippen MR) is 125 cm³/mol. The van der Waals surface area contributed by atoms with Gasteiger partial charge in [-0.2, -0.15) is 5.10 Å². The fourth-order valence-electron chi connectivity index (χ4n) is 3.22. The number of carbonyl (C=O) groups excluding carboxylic acids is 1. The van der Waals surface area contributed by atoms with Crippen LogP contribution in [0.5, 0.6) is 11.5 Å². The van der Waals surface area contributed by atoms with E-state index in [1.807, 2.05) is 60.7 Å². The number of phenolic OH excluding ortho intramolecular Hbond substituents is 1. The smallest absolute Gasteiger partial charge is 0.277 e. The molecule has 0 aliphatic rings. The van der Waals surface area contributed by atoms with Crippen molar-refractivity contribution in [1.82, 2.24) is 5.43 Å². The van der Waals surface area contributed by atoms with Crippen LogP contribution in [0.4, 0.5) is 5.69 Å². The first-order valence-corrected chi connectivity index (χ1v) is 10.3. The number of phenols is 1. The third kappa shape index (κ3) is 5.85. The number of nitrogens with one attached hydrogen (secondary N) is 1. The van der Waals surface area contributed by atoms with Crippen molar-refractivity contribution in [1.29, 1.82) is 0 Å². The summed E-state index contributed by atoms with van der Waals surface area (Å²) in [4.78, 5) is 14.3. The molecule has 0 aliphatic heterocycles. The van der Waals surface area contributed by atoms with Gasteiger partial charge in [0, 0.05) is 36.0 Å². The Bertz CT molecular complexity index is 1030. The minimum atomic E-state index is -0.390. The van der Waals surface area contributed by atoms with Crippen LogP contribution in [0.1, 0.15) is 19.4 Å². The number of benzene rings is 3. The SMILES string of the molecule is CCN(CC)c1ccc(/C=N/NC(=O)COc2ccccc2-c2ccccc2)c(O)c1. The maximum Gasteiger partial charge on any atom is 0.277 e. The van der Waals surface area contributed by atoms with Gasteiger partial charge < -0.3 is 14.7 Å². The van der Waals surface area contributed by atoms with Gasteiger partial charge in [-0.3, -0.25) is 4.79 Å². The Balaban J connectivity index is 1.58. The highest BCUT2D eigenvalue weighted by Crippen LogP contribution is 2.29. The topological polar surface area (TPSA) is 74.2 Å². The minimum Gasteiger partial charge on any atom is -0.507 e. The van der Waals surface area contributed by atoms with Gasteiger partial charge in [0.2, 0.25) is 0 Å². The third-order valence-corrected chi connectivity index (χ3v) is 4.87. The molecule has 2 N–H and O–H groups in total. The number of hydrazone groups is 1. The van der Waals surface area contributed by atoms with Gasteiger partial charge in [-0.1, -0.05) is 48.5 Å². The molecular formula is C25H27N3O3. The summed E-state index contributed by atoms with van der Waals surface area (Å²) in [5, 5.41) is 14.2. The zero-order chi connectivity index (χ0) is 22.1. The molecule has 0 heterocycles. The van der Waals surface area contributed by atoms with Crippen molar-refractivity contribution < 1.29 is 14.6 Å². The fourth-order valence-corrected chi connectivity index (χ4v) is 3.22. The number of ether oxygens (including phenoxy) is 1. The van der Waals surface area contributed by atoms with Crippen molar-refractivity contribution in [3.05, 3.63) is 78.4 Å². The van der Waals surface area contributed by atoms with Crippen LogP contribution in [-0.2, 0) is 4.79 Å². The monoisotopic (exact) mass is 417 g/mol. The van der Waals surface area contributed by atoms with E-state index >= 15 is 0 Å². The molecular weight excluding hydrogens is 390 g/mol. The molecule has 31 heavy (non-hydrogen) atoms. The highest BCUT2D eigenvalue weighted by molar-refractivity contribution is 5.86. The van der Waals surface area contributed by atoms with Gasteiger partial charge in [-0.25, -0.2) is 5.43 Å². The number of carbonyl (C=O) groups is 1. The van der Waals surface area contributed by atoms with Crippen molar-refractivity contribution in [2.24, 2.45) is 5.10 Å². The highest BCUT2D eigenvalue weighted by Gasteiger charge is 2.08. The van der Waals surface area contributed by atoms with Crippen LogP contribution < -0.4 is 15.1 Å². The van der Waals surface area contributed by atoms with Gasteiger partial charge in [0.15, 0.2) is 6.61 Å². The van der Waals surface area contributed by atoms with Crippen LogP contribution in [0.3, 0.4) is 0 Å². The number of rotatable bonds is 9. The average molecular weight is 418 g/mol. The standard InChI is InChI=1S/C25H27N3O3/c1-3-28(4-2)21-15-14-20(23(29)16-21)17-26-27-25(30)18-31-24-13-9-8-12-22(24)19-10-6-5-7-11-19/h5-17,29H,3-4,18H2,1-2H3,(H,27,30)/b26-17+. The number of anilines is 1. The number of nitrogens with zero attached hydrogens (tertiary/aromatic N) is 2. The molecule has 0 aliphatic carbocycles. The Morgan fingerprint density at radius 3 is 2.45 bits per heavy atom. The van der Waals surface area contributed by atoms with Gasteiger partial charge in [0.25, 0.3) is 5.91 Å². The molecule has 0 bridgehead atoms. The van der Waals surface area contributed by atoms with Crippen molar-refractivity contribution in [2.75, 3.05) is 24.6 Å². The largest absolute Gasteiger partial charge is 0.507 e. The molecule has 0 saturated heterocycles. The fraction of sp³-hybridized carbons (Fsp3) is 0.200. The molecule has 0 radical (unpaired) electrons. The lowest BCUT2D eigenvalue weighted by atomic mass is 10.1. The van der Waals surface area contributed by atoms with E-state index in [-0.39, 0.29) is 12.4 Å². The zero-order valence-electron chi connectivity index (χ0n) is 17.8. The van der Waals surface area contributed by atoms with Crippen LogP contribution >= 0.6 is 0 Å². The number of aromatic hydroxyl groups is 1. The molecule has 0 aromatic heterocycles. The zero-order valence-corrected chi connectivity index (χ0v) is 17.8. The Hall–Kier alpha value is -3.80. The molecule has 0 saturated carbocycles. The second-order valence-corrected chi connectivity index (χ2v) is 6.86. The van der Waals surface area contributed by atoms with Crippen LogP contribution in [0, 0.1) is 0 Å². The first-order chi connectivity index (χ1) is 15.1. The van der Waals surface area contributed by atoms with E-state index in [1.165, 1.54) is 6.21 Å². The van der Waals surface area contributed by atoms with E-state index in [2.05, 4.69) is 29.3 Å². The molecule has 6 heteroatoms. The van der Waals surface area contributed by atoms with Crippen LogP contribution in [0.25, 0.3) is 11.1 Å².